The third kappa shape index (κ3) is 4.96. The molecule has 0 aliphatic rings. The molecule has 0 fully saturated rings. The first kappa shape index (κ1) is 19.7. The quantitative estimate of drug-likeness (QED) is 0.411. The first-order valence-electron chi connectivity index (χ1n) is 6.87. The molecule has 10 heteroatoms. The van der Waals surface area contributed by atoms with Gasteiger partial charge in [0, 0.05) is 12.1 Å². The van der Waals surface area contributed by atoms with E-state index in [1.807, 2.05) is 0 Å². The monoisotopic (exact) mass is 404 g/mol. The van der Waals surface area contributed by atoms with Crippen molar-refractivity contribution in [3.05, 3.63) is 73.8 Å². The van der Waals surface area contributed by atoms with Gasteiger partial charge in [-0.25, -0.2) is 0 Å². The molecule has 0 saturated heterocycles. The van der Waals surface area contributed by atoms with Crippen molar-refractivity contribution in [3.8, 4) is 0 Å². The number of nitro benzene ring substituents is 1. The van der Waals surface area contributed by atoms with E-state index in [1.165, 1.54) is 24.3 Å². The fourth-order valence-corrected chi connectivity index (χ4v) is 2.33. The summed E-state index contributed by atoms with van der Waals surface area (Å²) in [5.74, 6) is -0.677. The highest BCUT2D eigenvalue weighted by Gasteiger charge is 2.30. The van der Waals surface area contributed by atoms with Crippen LogP contribution in [0.1, 0.15) is 11.1 Å². The lowest BCUT2D eigenvalue weighted by molar-refractivity contribution is -0.384. The molecule has 0 radical (unpaired) electrons. The molecule has 2 aromatic rings. The summed E-state index contributed by atoms with van der Waals surface area (Å²) in [6.07, 6.45) is -2.20. The van der Waals surface area contributed by atoms with Gasteiger partial charge in [0.05, 0.1) is 21.2 Å². The maximum Gasteiger partial charge on any atom is 0.416 e. The number of nitrogens with one attached hydrogen (secondary N) is 1. The zero-order chi connectivity index (χ0) is 19.5. The minimum atomic E-state index is -4.55. The molecular weight excluding hydrogens is 396 g/mol. The zero-order valence-electron chi connectivity index (χ0n) is 12.7. The van der Waals surface area contributed by atoms with Gasteiger partial charge in [-0.05, 0) is 35.9 Å². The number of hydrogen-bond acceptors (Lipinski definition) is 3. The number of alkyl halides is 3. The second-order valence-electron chi connectivity index (χ2n) is 4.98. The number of nitro groups is 1. The molecule has 2 aromatic carbocycles. The number of amides is 1. The third-order valence-electron chi connectivity index (χ3n) is 3.15. The Morgan fingerprint density at radius 1 is 1.12 bits per heavy atom. The Morgan fingerprint density at radius 2 is 1.81 bits per heavy atom. The predicted octanol–water partition coefficient (Wildman–Crippen LogP) is 5.57. The first-order valence-corrected chi connectivity index (χ1v) is 7.63. The summed E-state index contributed by atoms with van der Waals surface area (Å²) in [5.41, 5.74) is -0.921. The van der Waals surface area contributed by atoms with Crippen LogP contribution in [-0.4, -0.2) is 10.8 Å². The summed E-state index contributed by atoms with van der Waals surface area (Å²) < 4.78 is 37.7. The van der Waals surface area contributed by atoms with Gasteiger partial charge in [0.2, 0.25) is 5.91 Å². The number of benzene rings is 2. The van der Waals surface area contributed by atoms with Gasteiger partial charge in [-0.2, -0.15) is 13.2 Å². The van der Waals surface area contributed by atoms with E-state index in [2.05, 4.69) is 5.32 Å². The molecule has 0 saturated carbocycles. The van der Waals surface area contributed by atoms with E-state index in [-0.39, 0.29) is 21.4 Å². The van der Waals surface area contributed by atoms with Crippen LogP contribution in [0.2, 0.25) is 10.0 Å². The number of nitrogens with zero attached hydrogens (tertiary/aromatic N) is 1. The molecule has 1 amide bonds. The van der Waals surface area contributed by atoms with Crippen molar-refractivity contribution in [1.82, 2.24) is 0 Å². The molecule has 0 aliphatic carbocycles. The topological polar surface area (TPSA) is 72.2 Å². The second kappa shape index (κ2) is 7.76. The van der Waals surface area contributed by atoms with Crippen molar-refractivity contribution in [3.63, 3.8) is 0 Å². The minimum absolute atomic E-state index is 0.00333. The number of carbonyl (C=O) groups is 1. The fourth-order valence-electron chi connectivity index (χ4n) is 1.91. The van der Waals surface area contributed by atoms with Gasteiger partial charge in [0.1, 0.15) is 5.02 Å². The number of anilines is 1. The molecular formula is C16H9Cl2F3N2O3. The summed E-state index contributed by atoms with van der Waals surface area (Å²) in [5, 5.41) is 12.8. The first-order chi connectivity index (χ1) is 12.1. The van der Waals surface area contributed by atoms with Crippen LogP contribution in [0.5, 0.6) is 0 Å². The molecule has 0 atom stereocenters. The van der Waals surface area contributed by atoms with Gasteiger partial charge in [-0.1, -0.05) is 29.3 Å². The Hall–Kier alpha value is -2.58. The minimum Gasteiger partial charge on any atom is -0.321 e. The third-order valence-corrected chi connectivity index (χ3v) is 3.78. The molecule has 0 heterocycles. The van der Waals surface area contributed by atoms with E-state index >= 15 is 0 Å². The van der Waals surface area contributed by atoms with Crippen LogP contribution in [0.25, 0.3) is 6.08 Å². The van der Waals surface area contributed by atoms with Gasteiger partial charge in [-0.3, -0.25) is 14.9 Å². The van der Waals surface area contributed by atoms with Crippen LogP contribution in [0, 0.1) is 10.1 Å². The number of hydrogen-bond donors (Lipinski definition) is 1. The lowest BCUT2D eigenvalue weighted by atomic mass is 10.2. The second-order valence-corrected chi connectivity index (χ2v) is 5.80. The van der Waals surface area contributed by atoms with Gasteiger partial charge in [-0.15, -0.1) is 0 Å². The summed E-state index contributed by atoms with van der Waals surface area (Å²) in [6.45, 7) is 0. The van der Waals surface area contributed by atoms with E-state index in [1.54, 1.807) is 0 Å². The van der Waals surface area contributed by atoms with Gasteiger partial charge in [0.15, 0.2) is 0 Å². The maximum atomic E-state index is 12.6. The van der Waals surface area contributed by atoms with Crippen molar-refractivity contribution in [2.75, 3.05) is 5.32 Å². The van der Waals surface area contributed by atoms with E-state index in [0.717, 1.165) is 18.2 Å². The number of carbonyl (C=O) groups excluding carboxylic acids is 1. The zero-order valence-corrected chi connectivity index (χ0v) is 14.2. The summed E-state index contributed by atoms with van der Waals surface area (Å²) in [4.78, 5) is 22.0. The molecule has 0 spiro atoms. The van der Waals surface area contributed by atoms with Crippen LogP contribution >= 0.6 is 23.2 Å². The van der Waals surface area contributed by atoms with Crippen LogP contribution in [0.15, 0.2) is 42.5 Å². The summed E-state index contributed by atoms with van der Waals surface area (Å²) in [7, 11) is 0. The average molecular weight is 405 g/mol. The normalized spacial score (nSPS) is 11.6. The highest BCUT2D eigenvalue weighted by atomic mass is 35.5. The maximum absolute atomic E-state index is 12.6. The molecule has 0 aromatic heterocycles. The molecule has 2 rings (SSSR count). The molecule has 26 heavy (non-hydrogen) atoms. The molecule has 1 N–H and O–H groups in total. The standard InChI is InChI=1S/C16H9Cl2F3N2O3/c17-11-4-1-9(7-14(11)23(25)26)2-6-15(24)22-13-5-3-10(8-12(13)18)16(19,20)21/h1-8H,(H,22,24)/b6-2+. The Labute approximate surface area is 155 Å². The number of halogens is 5. The molecule has 136 valence electrons. The van der Waals surface area contributed by atoms with Gasteiger partial charge in [0.25, 0.3) is 5.69 Å². The number of rotatable bonds is 4. The SMILES string of the molecule is O=C(/C=C/c1ccc(Cl)c([N+](=O)[O-])c1)Nc1ccc(C(F)(F)F)cc1Cl. The van der Waals surface area contributed by atoms with Crippen molar-refractivity contribution in [1.29, 1.82) is 0 Å². The Bertz CT molecular complexity index is 899. The van der Waals surface area contributed by atoms with E-state index in [9.17, 15) is 28.1 Å². The van der Waals surface area contributed by atoms with E-state index in [4.69, 9.17) is 23.2 Å². The fraction of sp³-hybridized carbons (Fsp3) is 0.0625. The van der Waals surface area contributed by atoms with Gasteiger partial charge >= 0.3 is 6.18 Å². The van der Waals surface area contributed by atoms with Crippen molar-refractivity contribution < 1.29 is 22.9 Å². The van der Waals surface area contributed by atoms with Crippen molar-refractivity contribution in [2.24, 2.45) is 0 Å². The highest BCUT2D eigenvalue weighted by Crippen LogP contribution is 2.33. The predicted molar refractivity (Wildman–Crippen MR) is 92.2 cm³/mol. The Morgan fingerprint density at radius 3 is 2.38 bits per heavy atom. The summed E-state index contributed by atoms with van der Waals surface area (Å²) >= 11 is 11.4. The van der Waals surface area contributed by atoms with Crippen LogP contribution in [-0.2, 0) is 11.0 Å². The molecule has 5 nitrogen and oxygen atoms in total. The van der Waals surface area contributed by atoms with E-state index in [0.29, 0.717) is 11.6 Å². The lowest BCUT2D eigenvalue weighted by Gasteiger charge is -2.10. The Balaban J connectivity index is 2.13. The lowest BCUT2D eigenvalue weighted by Crippen LogP contribution is -2.10. The van der Waals surface area contributed by atoms with Crippen molar-refractivity contribution >= 4 is 46.6 Å². The van der Waals surface area contributed by atoms with Crippen molar-refractivity contribution in [2.45, 2.75) is 6.18 Å². The van der Waals surface area contributed by atoms with E-state index < -0.39 is 22.6 Å². The summed E-state index contributed by atoms with van der Waals surface area (Å²) in [6, 6.07) is 6.46. The van der Waals surface area contributed by atoms with Crippen LogP contribution in [0.3, 0.4) is 0 Å². The highest BCUT2D eigenvalue weighted by molar-refractivity contribution is 6.34. The Kier molecular flexibility index (Phi) is 5.89. The molecule has 0 aliphatic heterocycles. The average Bonchev–Trinajstić information content (AvgIpc) is 2.54. The largest absolute Gasteiger partial charge is 0.416 e. The molecule has 0 unspecified atom stereocenters. The molecule has 0 bridgehead atoms. The smallest absolute Gasteiger partial charge is 0.321 e. The van der Waals surface area contributed by atoms with Crippen LogP contribution < -0.4 is 5.32 Å². The van der Waals surface area contributed by atoms with Gasteiger partial charge < -0.3 is 5.32 Å². The van der Waals surface area contributed by atoms with Crippen LogP contribution in [0.4, 0.5) is 24.5 Å².